The van der Waals surface area contributed by atoms with Gasteiger partial charge in [0, 0.05) is 38.7 Å². The molecule has 1 unspecified atom stereocenters. The highest BCUT2D eigenvalue weighted by Crippen LogP contribution is 2.47. The number of amides is 1. The van der Waals surface area contributed by atoms with E-state index >= 15 is 0 Å². The van der Waals surface area contributed by atoms with E-state index < -0.39 is 10.0 Å². The lowest BCUT2D eigenvalue weighted by Crippen LogP contribution is -2.51. The van der Waals surface area contributed by atoms with Gasteiger partial charge in [-0.1, -0.05) is 46.1 Å². The molecule has 0 bridgehead atoms. The molecule has 1 heterocycles. The van der Waals surface area contributed by atoms with Crippen molar-refractivity contribution in [2.75, 3.05) is 40.1 Å². The summed E-state index contributed by atoms with van der Waals surface area (Å²) in [7, 11) is -0.116. The van der Waals surface area contributed by atoms with Crippen LogP contribution in [-0.2, 0) is 14.8 Å². The minimum Gasteiger partial charge on any atom is -0.352 e. The number of hydrogen-bond acceptors (Lipinski definition) is 5. The van der Waals surface area contributed by atoms with E-state index in [2.05, 4.69) is 49.0 Å². The Kier molecular flexibility index (Phi) is 7.28. The maximum atomic E-state index is 13.5. The van der Waals surface area contributed by atoms with Crippen LogP contribution in [0.5, 0.6) is 0 Å². The number of nitrogens with zero attached hydrogens (tertiary/aromatic N) is 3. The molecule has 1 aliphatic heterocycles. The third-order valence-electron chi connectivity index (χ3n) is 7.44. The van der Waals surface area contributed by atoms with Crippen LogP contribution in [0.2, 0.25) is 0 Å². The van der Waals surface area contributed by atoms with Crippen molar-refractivity contribution in [3.63, 3.8) is 0 Å². The quantitative estimate of drug-likeness (QED) is 0.539. The fourth-order valence-electron chi connectivity index (χ4n) is 5.83. The second-order valence-corrected chi connectivity index (χ2v) is 13.3. The maximum Gasteiger partial charge on any atom is 0.264 e. The highest BCUT2D eigenvalue weighted by Gasteiger charge is 2.42. The molecule has 2 aromatic rings. The second kappa shape index (κ2) is 9.96. The van der Waals surface area contributed by atoms with Crippen molar-refractivity contribution in [1.82, 2.24) is 0 Å². The molecule has 0 saturated heterocycles. The first kappa shape index (κ1) is 26.3. The molecule has 2 aliphatic rings. The summed E-state index contributed by atoms with van der Waals surface area (Å²) in [5, 5.41) is 2.66. The van der Waals surface area contributed by atoms with Crippen LogP contribution in [0, 0.1) is 11.3 Å². The highest BCUT2D eigenvalue weighted by molar-refractivity contribution is 7.92. The van der Waals surface area contributed by atoms with E-state index in [1.807, 2.05) is 12.1 Å². The summed E-state index contributed by atoms with van der Waals surface area (Å²) < 4.78 is 28.3. The molecule has 1 atom stereocenters. The number of rotatable bonds is 6. The molecular formula is C28H40N4O3S. The van der Waals surface area contributed by atoms with Crippen LogP contribution in [0.25, 0.3) is 0 Å². The summed E-state index contributed by atoms with van der Waals surface area (Å²) in [6.07, 6.45) is 6.72. The van der Waals surface area contributed by atoms with E-state index in [-0.39, 0.29) is 22.4 Å². The van der Waals surface area contributed by atoms with Crippen molar-refractivity contribution in [3.05, 3.63) is 42.5 Å². The number of benzene rings is 2. The molecule has 1 saturated carbocycles. The molecule has 7 nitrogen and oxygen atoms in total. The summed E-state index contributed by atoms with van der Waals surface area (Å²) in [6, 6.07) is 12.3. The summed E-state index contributed by atoms with van der Waals surface area (Å²) in [5.41, 5.74) is 3.31. The molecule has 8 heteroatoms. The van der Waals surface area contributed by atoms with E-state index in [0.29, 0.717) is 17.3 Å². The zero-order valence-electron chi connectivity index (χ0n) is 22.4. The predicted octanol–water partition coefficient (Wildman–Crippen LogP) is 5.68. The van der Waals surface area contributed by atoms with Gasteiger partial charge in [-0.25, -0.2) is 8.42 Å². The molecule has 1 amide bonds. The number of carbonyl (C=O) groups is 1. The summed E-state index contributed by atoms with van der Waals surface area (Å²) in [4.78, 5) is 16.4. The van der Waals surface area contributed by atoms with Gasteiger partial charge in [-0.05, 0) is 55.2 Å². The minimum absolute atomic E-state index is 0.0186. The number of anilines is 4. The van der Waals surface area contributed by atoms with Crippen molar-refractivity contribution in [2.45, 2.75) is 70.9 Å². The normalized spacial score (nSPS) is 18.8. The smallest absolute Gasteiger partial charge is 0.264 e. The van der Waals surface area contributed by atoms with E-state index in [0.717, 1.165) is 12.2 Å². The largest absolute Gasteiger partial charge is 0.352 e. The Balaban J connectivity index is 1.66. The zero-order chi connectivity index (χ0) is 26.3. The average molecular weight is 513 g/mol. The van der Waals surface area contributed by atoms with Gasteiger partial charge in [0.1, 0.15) is 6.17 Å². The van der Waals surface area contributed by atoms with Crippen LogP contribution >= 0.6 is 0 Å². The first-order valence-electron chi connectivity index (χ1n) is 12.9. The van der Waals surface area contributed by atoms with Gasteiger partial charge in [-0.15, -0.1) is 0 Å². The van der Waals surface area contributed by atoms with Crippen LogP contribution in [-0.4, -0.2) is 41.1 Å². The third-order valence-corrected chi connectivity index (χ3v) is 9.22. The molecule has 0 radical (unpaired) electrons. The van der Waals surface area contributed by atoms with E-state index in [1.165, 1.54) is 55.1 Å². The fraction of sp³-hybridized carbons (Fsp3) is 0.536. The Morgan fingerprint density at radius 3 is 2.39 bits per heavy atom. The van der Waals surface area contributed by atoms with Gasteiger partial charge >= 0.3 is 0 Å². The molecule has 1 N–H and O–H groups in total. The molecule has 4 rings (SSSR count). The molecule has 0 aromatic heterocycles. The lowest BCUT2D eigenvalue weighted by Gasteiger charge is -2.42. The summed E-state index contributed by atoms with van der Waals surface area (Å²) in [5.74, 6) is 0.451. The van der Waals surface area contributed by atoms with Crippen LogP contribution in [0.4, 0.5) is 22.7 Å². The molecular weight excluding hydrogens is 472 g/mol. The Bertz CT molecular complexity index is 1220. The number of hydrogen-bond donors (Lipinski definition) is 1. The van der Waals surface area contributed by atoms with E-state index in [1.54, 1.807) is 25.2 Å². The predicted molar refractivity (Wildman–Crippen MR) is 148 cm³/mol. The highest BCUT2D eigenvalue weighted by atomic mass is 32.2. The molecule has 1 aliphatic carbocycles. The molecule has 1 fully saturated rings. The van der Waals surface area contributed by atoms with Crippen molar-refractivity contribution in [1.29, 1.82) is 0 Å². The standard InChI is InChI=1S/C28H40N4O3S/c1-20(33)29-22-13-10-14-24(17-22)36(34,35)31(6)23-15-16-25-26(18-23)30(5)27(28(2,3)4)32(25)19-21-11-8-7-9-12-21/h10,13-18,21,27H,7-9,11-12,19H2,1-6H3,(H,29,33). The second-order valence-electron chi connectivity index (χ2n) is 11.4. The van der Waals surface area contributed by atoms with Crippen molar-refractivity contribution < 1.29 is 13.2 Å². The Labute approximate surface area is 216 Å². The fourth-order valence-corrected chi connectivity index (χ4v) is 7.07. The van der Waals surface area contributed by atoms with Gasteiger partial charge < -0.3 is 15.1 Å². The SMILES string of the molecule is CC(=O)Nc1cccc(S(=O)(=O)N(C)c2ccc3c(c2)N(C)C(C(C)(C)C)N3CC2CCCCC2)c1. The van der Waals surface area contributed by atoms with Crippen LogP contribution < -0.4 is 19.4 Å². The van der Waals surface area contributed by atoms with E-state index in [4.69, 9.17) is 0 Å². The number of fused-ring (bicyclic) bond motifs is 1. The third kappa shape index (κ3) is 5.19. The number of nitrogens with one attached hydrogen (secondary N) is 1. The Hall–Kier alpha value is -2.74. The number of carbonyl (C=O) groups excluding carboxylic acids is 1. The van der Waals surface area contributed by atoms with Gasteiger partial charge in [0.05, 0.1) is 22.0 Å². The van der Waals surface area contributed by atoms with Gasteiger partial charge in [-0.3, -0.25) is 9.10 Å². The number of sulfonamides is 1. The van der Waals surface area contributed by atoms with Crippen molar-refractivity contribution in [3.8, 4) is 0 Å². The minimum atomic E-state index is -3.81. The first-order chi connectivity index (χ1) is 16.9. The zero-order valence-corrected chi connectivity index (χ0v) is 23.2. The molecule has 0 spiro atoms. The molecule has 36 heavy (non-hydrogen) atoms. The van der Waals surface area contributed by atoms with Gasteiger partial charge in [0.2, 0.25) is 5.91 Å². The molecule has 2 aromatic carbocycles. The lowest BCUT2D eigenvalue weighted by atomic mass is 9.87. The Morgan fingerprint density at radius 2 is 1.75 bits per heavy atom. The van der Waals surface area contributed by atoms with Crippen LogP contribution in [0.15, 0.2) is 47.4 Å². The van der Waals surface area contributed by atoms with Gasteiger partial charge in [-0.2, -0.15) is 0 Å². The van der Waals surface area contributed by atoms with Crippen LogP contribution in [0.3, 0.4) is 0 Å². The lowest BCUT2D eigenvalue weighted by molar-refractivity contribution is -0.114. The summed E-state index contributed by atoms with van der Waals surface area (Å²) in [6.45, 7) is 9.24. The topological polar surface area (TPSA) is 73.0 Å². The van der Waals surface area contributed by atoms with E-state index in [9.17, 15) is 13.2 Å². The summed E-state index contributed by atoms with van der Waals surface area (Å²) >= 11 is 0. The molecule has 196 valence electrons. The van der Waals surface area contributed by atoms with Crippen LogP contribution in [0.1, 0.15) is 59.8 Å². The maximum absolute atomic E-state index is 13.5. The van der Waals surface area contributed by atoms with Crippen molar-refractivity contribution in [2.24, 2.45) is 11.3 Å². The average Bonchev–Trinajstić information content (AvgIpc) is 3.10. The van der Waals surface area contributed by atoms with Gasteiger partial charge in [0.15, 0.2) is 0 Å². The Morgan fingerprint density at radius 1 is 1.06 bits per heavy atom. The van der Waals surface area contributed by atoms with Gasteiger partial charge in [0.25, 0.3) is 10.0 Å². The van der Waals surface area contributed by atoms with Crippen molar-refractivity contribution >= 4 is 38.7 Å². The monoisotopic (exact) mass is 512 g/mol. The first-order valence-corrected chi connectivity index (χ1v) is 14.3.